The highest BCUT2D eigenvalue weighted by molar-refractivity contribution is 5.92. The van der Waals surface area contributed by atoms with Crippen molar-refractivity contribution in [3.8, 4) is 0 Å². The van der Waals surface area contributed by atoms with Gasteiger partial charge in [0.25, 0.3) is 0 Å². The molecule has 27 heavy (non-hydrogen) atoms. The number of hydrogen-bond acceptors (Lipinski definition) is 3. The number of nitrogens with zero attached hydrogens (tertiary/aromatic N) is 2. The summed E-state index contributed by atoms with van der Waals surface area (Å²) in [6.07, 6.45) is 0.0700. The highest BCUT2D eigenvalue weighted by Gasteiger charge is 2.23. The molecule has 0 bridgehead atoms. The average molecular weight is 369 g/mol. The summed E-state index contributed by atoms with van der Waals surface area (Å²) in [6, 6.07) is 14.0. The van der Waals surface area contributed by atoms with Crippen LogP contribution in [0.2, 0.25) is 0 Å². The van der Waals surface area contributed by atoms with Crippen LogP contribution in [0, 0.1) is 12.7 Å². The summed E-state index contributed by atoms with van der Waals surface area (Å²) in [5.41, 5.74) is 2.34. The van der Waals surface area contributed by atoms with Crippen LogP contribution in [0.15, 0.2) is 48.5 Å². The summed E-state index contributed by atoms with van der Waals surface area (Å²) < 4.78 is 13.7. The molecule has 1 heterocycles. The second kappa shape index (κ2) is 8.77. The second-order valence-corrected chi connectivity index (χ2v) is 6.84. The minimum Gasteiger partial charge on any atom is -0.340 e. The van der Waals surface area contributed by atoms with E-state index in [-0.39, 0.29) is 24.1 Å². The summed E-state index contributed by atoms with van der Waals surface area (Å²) in [7, 11) is 0. The molecule has 0 aliphatic carbocycles. The summed E-state index contributed by atoms with van der Waals surface area (Å²) in [4.78, 5) is 28.3. The number of anilines is 1. The Bertz CT molecular complexity index is 799. The zero-order valence-electron chi connectivity index (χ0n) is 15.5. The fraction of sp³-hybridized carbons (Fsp3) is 0.333. The number of piperazine rings is 1. The van der Waals surface area contributed by atoms with Gasteiger partial charge >= 0.3 is 0 Å². The second-order valence-electron chi connectivity index (χ2n) is 6.84. The molecule has 1 saturated heterocycles. The van der Waals surface area contributed by atoms with Crippen molar-refractivity contribution in [3.05, 3.63) is 65.5 Å². The normalized spacial score (nSPS) is 14.8. The van der Waals surface area contributed by atoms with E-state index in [0.29, 0.717) is 38.3 Å². The maximum atomic E-state index is 13.7. The predicted molar refractivity (Wildman–Crippen MR) is 103 cm³/mol. The maximum absolute atomic E-state index is 13.7. The Morgan fingerprint density at radius 3 is 2.33 bits per heavy atom. The van der Waals surface area contributed by atoms with Gasteiger partial charge in [0.1, 0.15) is 5.82 Å². The van der Waals surface area contributed by atoms with Crippen molar-refractivity contribution in [2.45, 2.75) is 13.3 Å². The van der Waals surface area contributed by atoms with Gasteiger partial charge in [0.2, 0.25) is 11.8 Å². The Labute approximate surface area is 158 Å². The van der Waals surface area contributed by atoms with Gasteiger partial charge in [-0.3, -0.25) is 14.5 Å². The zero-order valence-corrected chi connectivity index (χ0v) is 15.5. The molecule has 0 spiro atoms. The molecule has 1 aliphatic rings. The van der Waals surface area contributed by atoms with Gasteiger partial charge in [-0.05, 0) is 30.7 Å². The van der Waals surface area contributed by atoms with Gasteiger partial charge in [-0.25, -0.2) is 4.39 Å². The van der Waals surface area contributed by atoms with E-state index in [0.717, 1.165) is 11.3 Å². The highest BCUT2D eigenvalue weighted by Crippen LogP contribution is 2.11. The van der Waals surface area contributed by atoms with Crippen molar-refractivity contribution in [2.24, 2.45) is 0 Å². The molecular weight excluding hydrogens is 345 g/mol. The van der Waals surface area contributed by atoms with E-state index >= 15 is 0 Å². The van der Waals surface area contributed by atoms with E-state index in [9.17, 15) is 14.0 Å². The van der Waals surface area contributed by atoms with Gasteiger partial charge in [-0.15, -0.1) is 0 Å². The standard InChI is InChI=1S/C21H24FN3O2/c1-16-6-8-18(9-7-16)23-20(26)15-24-10-12-25(13-11-24)21(27)14-17-4-2-3-5-19(17)22/h2-9H,10-15H2,1H3,(H,23,26). The third kappa shape index (κ3) is 5.37. The predicted octanol–water partition coefficient (Wildman–Crippen LogP) is 2.46. The van der Waals surface area contributed by atoms with Crippen LogP contribution < -0.4 is 5.32 Å². The Morgan fingerprint density at radius 1 is 1.00 bits per heavy atom. The Kier molecular flexibility index (Phi) is 6.19. The van der Waals surface area contributed by atoms with Gasteiger partial charge in [0, 0.05) is 31.9 Å². The lowest BCUT2D eigenvalue weighted by Gasteiger charge is -2.34. The molecule has 2 aromatic carbocycles. The van der Waals surface area contributed by atoms with Crippen LogP contribution in [0.25, 0.3) is 0 Å². The quantitative estimate of drug-likeness (QED) is 0.881. The number of nitrogens with one attached hydrogen (secondary N) is 1. The molecule has 1 N–H and O–H groups in total. The highest BCUT2D eigenvalue weighted by atomic mass is 19.1. The van der Waals surface area contributed by atoms with Crippen LogP contribution in [0.1, 0.15) is 11.1 Å². The lowest BCUT2D eigenvalue weighted by Crippen LogP contribution is -2.50. The van der Waals surface area contributed by atoms with Crippen molar-refractivity contribution < 1.29 is 14.0 Å². The number of aryl methyl sites for hydroxylation is 1. The van der Waals surface area contributed by atoms with Crippen LogP contribution in [-0.4, -0.2) is 54.3 Å². The third-order valence-corrected chi connectivity index (χ3v) is 4.73. The van der Waals surface area contributed by atoms with Crippen LogP contribution in [0.4, 0.5) is 10.1 Å². The lowest BCUT2D eigenvalue weighted by atomic mass is 10.1. The largest absolute Gasteiger partial charge is 0.340 e. The SMILES string of the molecule is Cc1ccc(NC(=O)CN2CCN(C(=O)Cc3ccccc3F)CC2)cc1. The number of benzene rings is 2. The number of carbonyl (C=O) groups is 2. The van der Waals surface area contributed by atoms with Gasteiger partial charge < -0.3 is 10.2 Å². The molecule has 0 aromatic heterocycles. The minimum absolute atomic E-state index is 0.0648. The van der Waals surface area contributed by atoms with Crippen molar-refractivity contribution in [3.63, 3.8) is 0 Å². The first-order chi connectivity index (χ1) is 13.0. The molecule has 1 aliphatic heterocycles. The number of amides is 2. The zero-order chi connectivity index (χ0) is 19.2. The molecule has 3 rings (SSSR count). The Balaban J connectivity index is 1.44. The number of carbonyl (C=O) groups excluding carboxylic acids is 2. The summed E-state index contributed by atoms with van der Waals surface area (Å²) in [6.45, 7) is 4.65. The molecular formula is C21H24FN3O2. The third-order valence-electron chi connectivity index (χ3n) is 4.73. The van der Waals surface area contributed by atoms with Gasteiger partial charge in [0.05, 0.1) is 13.0 Å². The summed E-state index contributed by atoms with van der Waals surface area (Å²) in [5, 5.41) is 2.89. The van der Waals surface area contributed by atoms with Crippen LogP contribution in [0.3, 0.4) is 0 Å². The van der Waals surface area contributed by atoms with E-state index < -0.39 is 0 Å². The first-order valence-electron chi connectivity index (χ1n) is 9.11. The maximum Gasteiger partial charge on any atom is 0.238 e. The molecule has 2 amide bonds. The molecule has 2 aromatic rings. The average Bonchev–Trinajstić information content (AvgIpc) is 2.66. The molecule has 6 heteroatoms. The topological polar surface area (TPSA) is 52.7 Å². The molecule has 0 unspecified atom stereocenters. The number of halogens is 1. The summed E-state index contributed by atoms with van der Waals surface area (Å²) >= 11 is 0. The van der Waals surface area contributed by atoms with Crippen molar-refractivity contribution in [1.29, 1.82) is 0 Å². The lowest BCUT2D eigenvalue weighted by molar-refractivity contribution is -0.132. The first kappa shape index (κ1) is 19.0. The molecule has 0 atom stereocenters. The van der Waals surface area contributed by atoms with E-state index in [2.05, 4.69) is 5.32 Å². The number of hydrogen-bond donors (Lipinski definition) is 1. The van der Waals surface area contributed by atoms with Crippen LogP contribution in [-0.2, 0) is 16.0 Å². The fourth-order valence-corrected chi connectivity index (χ4v) is 3.11. The first-order valence-corrected chi connectivity index (χ1v) is 9.11. The van der Waals surface area contributed by atoms with Crippen LogP contribution in [0.5, 0.6) is 0 Å². The molecule has 0 saturated carbocycles. The van der Waals surface area contributed by atoms with E-state index in [1.54, 1.807) is 23.1 Å². The van der Waals surface area contributed by atoms with E-state index in [1.807, 2.05) is 36.1 Å². The smallest absolute Gasteiger partial charge is 0.238 e. The minimum atomic E-state index is -0.350. The summed E-state index contributed by atoms with van der Waals surface area (Å²) in [5.74, 6) is -0.494. The molecule has 0 radical (unpaired) electrons. The van der Waals surface area contributed by atoms with Crippen molar-refractivity contribution in [2.75, 3.05) is 38.0 Å². The van der Waals surface area contributed by atoms with Crippen molar-refractivity contribution in [1.82, 2.24) is 9.80 Å². The monoisotopic (exact) mass is 369 g/mol. The molecule has 5 nitrogen and oxygen atoms in total. The number of rotatable bonds is 5. The Hall–Kier alpha value is -2.73. The van der Waals surface area contributed by atoms with Gasteiger partial charge in [-0.2, -0.15) is 0 Å². The molecule has 1 fully saturated rings. The molecule has 142 valence electrons. The Morgan fingerprint density at radius 2 is 1.67 bits per heavy atom. The van der Waals surface area contributed by atoms with E-state index in [4.69, 9.17) is 0 Å². The van der Waals surface area contributed by atoms with Gasteiger partial charge in [-0.1, -0.05) is 35.9 Å². The van der Waals surface area contributed by atoms with Crippen LogP contribution >= 0.6 is 0 Å². The van der Waals surface area contributed by atoms with E-state index in [1.165, 1.54) is 6.07 Å². The fourth-order valence-electron chi connectivity index (χ4n) is 3.11. The van der Waals surface area contributed by atoms with Gasteiger partial charge in [0.15, 0.2) is 0 Å². The van der Waals surface area contributed by atoms with Crippen molar-refractivity contribution >= 4 is 17.5 Å².